The Morgan fingerprint density at radius 1 is 0.867 bits per heavy atom. The van der Waals surface area contributed by atoms with Crippen molar-refractivity contribution in [1.29, 1.82) is 0 Å². The van der Waals surface area contributed by atoms with E-state index in [-0.39, 0.29) is 11.3 Å². The van der Waals surface area contributed by atoms with E-state index >= 15 is 0 Å². The zero-order chi connectivity index (χ0) is 21.3. The molecular weight excluding hydrogens is 400 g/mol. The molecule has 1 aliphatic heterocycles. The molecule has 6 heteroatoms. The highest BCUT2D eigenvalue weighted by Gasteiger charge is 2.41. The number of aryl methyl sites for hydroxylation is 1. The first kappa shape index (κ1) is 19.7. The predicted octanol–water partition coefficient (Wildman–Crippen LogP) is 5.05. The van der Waals surface area contributed by atoms with Gasteiger partial charge in [-0.3, -0.25) is 9.59 Å². The summed E-state index contributed by atoms with van der Waals surface area (Å²) >= 11 is 5.98. The number of imide groups is 1. The van der Waals surface area contributed by atoms with E-state index in [0.29, 0.717) is 22.0 Å². The van der Waals surface area contributed by atoms with Crippen molar-refractivity contribution in [2.45, 2.75) is 6.92 Å². The first-order valence-electron chi connectivity index (χ1n) is 9.36. The van der Waals surface area contributed by atoms with E-state index < -0.39 is 11.8 Å². The number of hydrogen-bond donors (Lipinski definition) is 1. The van der Waals surface area contributed by atoms with Crippen LogP contribution < -0.4 is 15.0 Å². The highest BCUT2D eigenvalue weighted by molar-refractivity contribution is 6.46. The van der Waals surface area contributed by atoms with Crippen LogP contribution in [0.1, 0.15) is 11.1 Å². The van der Waals surface area contributed by atoms with E-state index in [1.54, 1.807) is 42.5 Å². The summed E-state index contributed by atoms with van der Waals surface area (Å²) in [5, 5.41) is 3.71. The number of para-hydroxylation sites is 2. The van der Waals surface area contributed by atoms with Crippen LogP contribution in [0.2, 0.25) is 5.02 Å². The minimum Gasteiger partial charge on any atom is -0.496 e. The molecular formula is C24H19ClN2O3. The highest BCUT2D eigenvalue weighted by atomic mass is 35.5. The lowest BCUT2D eigenvalue weighted by Crippen LogP contribution is -2.32. The molecule has 0 saturated heterocycles. The molecule has 0 spiro atoms. The molecule has 0 bridgehead atoms. The van der Waals surface area contributed by atoms with Crippen molar-refractivity contribution in [1.82, 2.24) is 0 Å². The second-order valence-electron chi connectivity index (χ2n) is 6.81. The summed E-state index contributed by atoms with van der Waals surface area (Å²) < 4.78 is 5.46. The third-order valence-electron chi connectivity index (χ3n) is 4.95. The minimum absolute atomic E-state index is 0.203. The van der Waals surface area contributed by atoms with Crippen molar-refractivity contribution in [2.75, 3.05) is 17.3 Å². The Morgan fingerprint density at radius 2 is 1.53 bits per heavy atom. The molecule has 0 unspecified atom stereocenters. The summed E-state index contributed by atoms with van der Waals surface area (Å²) in [5.74, 6) is -0.356. The average Bonchev–Trinajstić information content (AvgIpc) is 3.00. The minimum atomic E-state index is -0.438. The fourth-order valence-electron chi connectivity index (χ4n) is 3.42. The molecule has 30 heavy (non-hydrogen) atoms. The average molecular weight is 419 g/mol. The third-order valence-corrected chi connectivity index (χ3v) is 5.20. The van der Waals surface area contributed by atoms with Crippen LogP contribution in [-0.2, 0) is 9.59 Å². The van der Waals surface area contributed by atoms with Crippen LogP contribution in [0.15, 0.2) is 78.5 Å². The monoisotopic (exact) mass is 418 g/mol. The molecule has 0 atom stereocenters. The number of carbonyl (C=O) groups excluding carboxylic acids is 2. The Kier molecular flexibility index (Phi) is 5.29. The Morgan fingerprint density at radius 3 is 2.23 bits per heavy atom. The molecule has 150 valence electrons. The number of rotatable bonds is 5. The van der Waals surface area contributed by atoms with Gasteiger partial charge >= 0.3 is 0 Å². The quantitative estimate of drug-likeness (QED) is 0.589. The fraction of sp³-hybridized carbons (Fsp3) is 0.0833. The van der Waals surface area contributed by atoms with Gasteiger partial charge in [-0.15, -0.1) is 0 Å². The predicted molar refractivity (Wildman–Crippen MR) is 119 cm³/mol. The molecule has 3 aromatic rings. The summed E-state index contributed by atoms with van der Waals surface area (Å²) in [4.78, 5) is 28.0. The lowest BCUT2D eigenvalue weighted by Gasteiger charge is -2.16. The number of halogens is 1. The second-order valence-corrected chi connectivity index (χ2v) is 7.25. The van der Waals surface area contributed by atoms with Gasteiger partial charge < -0.3 is 10.1 Å². The summed E-state index contributed by atoms with van der Waals surface area (Å²) in [6.45, 7) is 1.93. The molecule has 0 fully saturated rings. The van der Waals surface area contributed by atoms with E-state index in [0.717, 1.165) is 16.2 Å². The number of anilines is 2. The van der Waals surface area contributed by atoms with Crippen LogP contribution in [0.3, 0.4) is 0 Å². The molecule has 0 aromatic heterocycles. The summed E-state index contributed by atoms with van der Waals surface area (Å²) in [7, 11) is 1.53. The standard InChI is InChI=1S/C24H19ClN2O3/c1-15-7-3-5-9-19(15)26-22-21(18-8-4-6-10-20(18)30-2)23(28)27(24(22)29)17-13-11-16(25)12-14-17/h3-14,26H,1-2H3. The fourth-order valence-corrected chi connectivity index (χ4v) is 3.55. The smallest absolute Gasteiger partial charge is 0.282 e. The number of carbonyl (C=O) groups is 2. The number of nitrogens with zero attached hydrogens (tertiary/aromatic N) is 1. The van der Waals surface area contributed by atoms with Gasteiger partial charge in [0.2, 0.25) is 0 Å². The number of hydrogen-bond acceptors (Lipinski definition) is 4. The van der Waals surface area contributed by atoms with Crippen LogP contribution in [-0.4, -0.2) is 18.9 Å². The van der Waals surface area contributed by atoms with Crippen LogP contribution >= 0.6 is 11.6 Å². The Bertz CT molecular complexity index is 1170. The Balaban J connectivity index is 1.88. The van der Waals surface area contributed by atoms with Gasteiger partial charge in [-0.2, -0.15) is 0 Å². The molecule has 5 nitrogen and oxygen atoms in total. The molecule has 3 aromatic carbocycles. The number of benzene rings is 3. The van der Waals surface area contributed by atoms with Gasteiger partial charge in [0, 0.05) is 16.3 Å². The van der Waals surface area contributed by atoms with Crippen molar-refractivity contribution in [2.24, 2.45) is 0 Å². The molecule has 4 rings (SSSR count). The molecule has 0 radical (unpaired) electrons. The first-order chi connectivity index (χ1) is 14.5. The lowest BCUT2D eigenvalue weighted by atomic mass is 10.0. The molecule has 0 aliphatic carbocycles. The molecule has 1 N–H and O–H groups in total. The Hall–Kier alpha value is -3.57. The lowest BCUT2D eigenvalue weighted by molar-refractivity contribution is -0.120. The molecule has 2 amide bonds. The maximum absolute atomic E-state index is 13.5. The Labute approximate surface area is 179 Å². The number of nitrogens with one attached hydrogen (secondary N) is 1. The van der Waals surface area contributed by atoms with Gasteiger partial charge in [-0.25, -0.2) is 4.90 Å². The van der Waals surface area contributed by atoms with Crippen LogP contribution in [0.4, 0.5) is 11.4 Å². The largest absolute Gasteiger partial charge is 0.496 e. The highest BCUT2D eigenvalue weighted by Crippen LogP contribution is 2.37. The van der Waals surface area contributed by atoms with E-state index in [9.17, 15) is 9.59 Å². The number of amides is 2. The maximum Gasteiger partial charge on any atom is 0.282 e. The van der Waals surface area contributed by atoms with Gasteiger partial charge in [-0.05, 0) is 48.9 Å². The third kappa shape index (κ3) is 3.44. The maximum atomic E-state index is 13.5. The zero-order valence-corrected chi connectivity index (χ0v) is 17.2. The van der Waals surface area contributed by atoms with Gasteiger partial charge in [0.05, 0.1) is 18.4 Å². The summed E-state index contributed by atoms with van der Waals surface area (Å²) in [5.41, 5.74) is 3.16. The molecule has 0 saturated carbocycles. The van der Waals surface area contributed by atoms with E-state index in [1.807, 2.05) is 37.3 Å². The number of ether oxygens (including phenoxy) is 1. The van der Waals surface area contributed by atoms with Crippen LogP contribution in [0.25, 0.3) is 5.57 Å². The van der Waals surface area contributed by atoms with Crippen molar-refractivity contribution in [3.05, 3.63) is 94.6 Å². The van der Waals surface area contributed by atoms with Crippen LogP contribution in [0.5, 0.6) is 5.75 Å². The van der Waals surface area contributed by atoms with Gasteiger partial charge in [0.15, 0.2) is 0 Å². The summed E-state index contributed by atoms with van der Waals surface area (Å²) in [6.07, 6.45) is 0. The van der Waals surface area contributed by atoms with Gasteiger partial charge in [-0.1, -0.05) is 48.0 Å². The number of methoxy groups -OCH3 is 1. The van der Waals surface area contributed by atoms with E-state index in [2.05, 4.69) is 5.32 Å². The van der Waals surface area contributed by atoms with E-state index in [4.69, 9.17) is 16.3 Å². The van der Waals surface area contributed by atoms with Crippen molar-refractivity contribution >= 4 is 40.4 Å². The van der Waals surface area contributed by atoms with E-state index in [1.165, 1.54) is 7.11 Å². The first-order valence-corrected chi connectivity index (χ1v) is 9.73. The second kappa shape index (κ2) is 8.05. The van der Waals surface area contributed by atoms with Crippen molar-refractivity contribution in [3.63, 3.8) is 0 Å². The zero-order valence-electron chi connectivity index (χ0n) is 16.5. The van der Waals surface area contributed by atoms with Gasteiger partial charge in [0.25, 0.3) is 11.8 Å². The van der Waals surface area contributed by atoms with Crippen LogP contribution in [0, 0.1) is 6.92 Å². The summed E-state index contributed by atoms with van der Waals surface area (Å²) in [6, 6.07) is 21.3. The normalized spacial score (nSPS) is 13.8. The molecule has 1 aliphatic rings. The van der Waals surface area contributed by atoms with Crippen molar-refractivity contribution < 1.29 is 14.3 Å². The van der Waals surface area contributed by atoms with Crippen molar-refractivity contribution in [3.8, 4) is 5.75 Å². The SMILES string of the molecule is COc1ccccc1C1=C(Nc2ccccc2C)C(=O)N(c2ccc(Cl)cc2)C1=O. The topological polar surface area (TPSA) is 58.6 Å². The van der Waals surface area contributed by atoms with Gasteiger partial charge in [0.1, 0.15) is 11.4 Å². The molecule has 1 heterocycles.